The molecule has 3 rings (SSSR count). The van der Waals surface area contributed by atoms with E-state index in [1.807, 2.05) is 38.2 Å². The monoisotopic (exact) mass is 435 g/mol. The standard InChI is InChI=1S/C21H26ClN3O3S/c1-16-4-6-17(7-5-16)15-24(3)21(26)18-8-9-19(22)20(14-18)29(27,28)25-12-10-23(2)11-13-25/h4-9,14H,10-13,15H2,1-3H3. The summed E-state index contributed by atoms with van der Waals surface area (Å²) in [6, 6.07) is 12.4. The molecule has 1 amide bonds. The smallest absolute Gasteiger partial charge is 0.253 e. The van der Waals surface area contributed by atoms with Crippen LogP contribution in [0.4, 0.5) is 0 Å². The number of piperazine rings is 1. The number of amides is 1. The summed E-state index contributed by atoms with van der Waals surface area (Å²) in [6.45, 7) is 4.57. The Bertz CT molecular complexity index is 985. The third-order valence-corrected chi connectivity index (χ3v) is 7.53. The lowest BCUT2D eigenvalue weighted by atomic mass is 10.1. The maximum absolute atomic E-state index is 13.1. The molecule has 2 aromatic rings. The van der Waals surface area contributed by atoms with Crippen molar-refractivity contribution in [2.24, 2.45) is 0 Å². The van der Waals surface area contributed by atoms with E-state index < -0.39 is 10.0 Å². The van der Waals surface area contributed by atoms with Crippen LogP contribution in [-0.2, 0) is 16.6 Å². The SMILES string of the molecule is Cc1ccc(CN(C)C(=O)c2ccc(Cl)c(S(=O)(=O)N3CCN(C)CC3)c2)cc1. The highest BCUT2D eigenvalue weighted by Crippen LogP contribution is 2.27. The Kier molecular flexibility index (Phi) is 6.63. The Morgan fingerprint density at radius 3 is 2.31 bits per heavy atom. The lowest BCUT2D eigenvalue weighted by molar-refractivity contribution is 0.0785. The van der Waals surface area contributed by atoms with Gasteiger partial charge in [0.2, 0.25) is 10.0 Å². The molecule has 0 spiro atoms. The van der Waals surface area contributed by atoms with Gasteiger partial charge in [-0.2, -0.15) is 4.31 Å². The summed E-state index contributed by atoms with van der Waals surface area (Å²) in [4.78, 5) is 16.5. The number of carbonyl (C=O) groups is 1. The Labute approximate surface area is 177 Å². The molecule has 156 valence electrons. The second-order valence-electron chi connectivity index (χ2n) is 7.50. The summed E-state index contributed by atoms with van der Waals surface area (Å²) >= 11 is 6.22. The first-order valence-corrected chi connectivity index (χ1v) is 11.3. The summed E-state index contributed by atoms with van der Waals surface area (Å²) < 4.78 is 27.6. The molecule has 29 heavy (non-hydrogen) atoms. The maximum atomic E-state index is 13.1. The van der Waals surface area contributed by atoms with Crippen LogP contribution in [0.15, 0.2) is 47.4 Å². The Morgan fingerprint density at radius 1 is 1.07 bits per heavy atom. The van der Waals surface area contributed by atoms with Gasteiger partial charge >= 0.3 is 0 Å². The van der Waals surface area contributed by atoms with Crippen molar-refractivity contribution in [3.63, 3.8) is 0 Å². The third-order valence-electron chi connectivity index (χ3n) is 5.15. The number of hydrogen-bond acceptors (Lipinski definition) is 4. The van der Waals surface area contributed by atoms with Crippen LogP contribution < -0.4 is 0 Å². The molecule has 8 heteroatoms. The number of carbonyl (C=O) groups excluding carboxylic acids is 1. The number of nitrogens with zero attached hydrogens (tertiary/aromatic N) is 3. The summed E-state index contributed by atoms with van der Waals surface area (Å²) in [5.74, 6) is -0.253. The van der Waals surface area contributed by atoms with Gasteiger partial charge in [0.25, 0.3) is 5.91 Å². The highest BCUT2D eigenvalue weighted by atomic mass is 35.5. The van der Waals surface area contributed by atoms with Gasteiger partial charge in [-0.05, 0) is 37.7 Å². The second kappa shape index (κ2) is 8.83. The normalized spacial score (nSPS) is 16.0. The molecule has 0 unspecified atom stereocenters. The van der Waals surface area contributed by atoms with Crippen LogP contribution >= 0.6 is 11.6 Å². The van der Waals surface area contributed by atoms with E-state index in [2.05, 4.69) is 4.90 Å². The van der Waals surface area contributed by atoms with Crippen molar-refractivity contribution in [2.45, 2.75) is 18.4 Å². The highest BCUT2D eigenvalue weighted by Gasteiger charge is 2.30. The Morgan fingerprint density at radius 2 is 1.69 bits per heavy atom. The number of rotatable bonds is 5. The fourth-order valence-corrected chi connectivity index (χ4v) is 5.18. The molecular weight excluding hydrogens is 410 g/mol. The average molecular weight is 436 g/mol. The van der Waals surface area contributed by atoms with Crippen LogP contribution in [0.2, 0.25) is 5.02 Å². The molecule has 1 aliphatic rings. The molecule has 0 N–H and O–H groups in total. The minimum Gasteiger partial charge on any atom is -0.337 e. The quantitative estimate of drug-likeness (QED) is 0.724. The van der Waals surface area contributed by atoms with E-state index >= 15 is 0 Å². The van der Waals surface area contributed by atoms with Crippen molar-refractivity contribution in [2.75, 3.05) is 40.3 Å². The van der Waals surface area contributed by atoms with Gasteiger partial charge in [0.1, 0.15) is 4.90 Å². The number of benzene rings is 2. The number of sulfonamides is 1. The molecule has 2 aromatic carbocycles. The van der Waals surface area contributed by atoms with E-state index in [-0.39, 0.29) is 15.8 Å². The van der Waals surface area contributed by atoms with Crippen molar-refractivity contribution >= 4 is 27.5 Å². The van der Waals surface area contributed by atoms with Gasteiger partial charge in [-0.3, -0.25) is 4.79 Å². The molecule has 6 nitrogen and oxygen atoms in total. The third kappa shape index (κ3) is 4.98. The molecule has 1 heterocycles. The molecule has 0 bridgehead atoms. The van der Waals surface area contributed by atoms with E-state index in [4.69, 9.17) is 11.6 Å². The molecule has 0 aromatic heterocycles. The highest BCUT2D eigenvalue weighted by molar-refractivity contribution is 7.89. The number of halogens is 1. The Balaban J connectivity index is 1.82. The molecule has 1 fully saturated rings. The zero-order valence-electron chi connectivity index (χ0n) is 16.9. The average Bonchev–Trinajstić information content (AvgIpc) is 2.69. The molecule has 1 saturated heterocycles. The number of hydrogen-bond donors (Lipinski definition) is 0. The van der Waals surface area contributed by atoms with Crippen LogP contribution in [-0.4, -0.2) is 68.7 Å². The molecular formula is C21H26ClN3O3S. The van der Waals surface area contributed by atoms with Gasteiger partial charge in [-0.1, -0.05) is 41.4 Å². The summed E-state index contributed by atoms with van der Waals surface area (Å²) in [7, 11) is -0.0992. The lowest BCUT2D eigenvalue weighted by Crippen LogP contribution is -2.47. The predicted octanol–water partition coefficient (Wildman–Crippen LogP) is 2.86. The van der Waals surface area contributed by atoms with E-state index in [0.29, 0.717) is 38.3 Å². The van der Waals surface area contributed by atoms with Crippen molar-refractivity contribution in [3.8, 4) is 0 Å². The first-order valence-electron chi connectivity index (χ1n) is 9.48. The number of aryl methyl sites for hydroxylation is 1. The van der Waals surface area contributed by atoms with E-state index in [1.165, 1.54) is 16.4 Å². The second-order valence-corrected chi connectivity index (χ2v) is 9.81. The van der Waals surface area contributed by atoms with Crippen molar-refractivity contribution in [1.82, 2.24) is 14.1 Å². The van der Waals surface area contributed by atoms with Gasteiger partial charge in [0.15, 0.2) is 0 Å². The number of likely N-dealkylation sites (N-methyl/N-ethyl adjacent to an activating group) is 1. The molecule has 1 aliphatic heterocycles. The van der Waals surface area contributed by atoms with Crippen molar-refractivity contribution in [1.29, 1.82) is 0 Å². The maximum Gasteiger partial charge on any atom is 0.253 e. The topological polar surface area (TPSA) is 60.9 Å². The fraction of sp³-hybridized carbons (Fsp3) is 0.381. The van der Waals surface area contributed by atoms with Crippen LogP contribution in [0, 0.1) is 6.92 Å². The summed E-state index contributed by atoms with van der Waals surface area (Å²) in [5, 5.41) is 0.127. The van der Waals surface area contributed by atoms with Gasteiger partial charge in [0, 0.05) is 45.3 Å². The zero-order chi connectivity index (χ0) is 21.2. The Hall–Kier alpha value is -1.93. The minimum atomic E-state index is -3.76. The van der Waals surface area contributed by atoms with Crippen molar-refractivity contribution in [3.05, 3.63) is 64.2 Å². The van der Waals surface area contributed by atoms with Gasteiger partial charge < -0.3 is 9.80 Å². The van der Waals surface area contributed by atoms with Crippen LogP contribution in [0.5, 0.6) is 0 Å². The molecule has 0 radical (unpaired) electrons. The summed E-state index contributed by atoms with van der Waals surface area (Å²) in [5.41, 5.74) is 2.46. The molecule has 0 aliphatic carbocycles. The van der Waals surface area contributed by atoms with Crippen LogP contribution in [0.3, 0.4) is 0 Å². The molecule has 0 saturated carbocycles. The lowest BCUT2D eigenvalue weighted by Gasteiger charge is -2.31. The van der Waals surface area contributed by atoms with E-state index in [9.17, 15) is 13.2 Å². The van der Waals surface area contributed by atoms with Crippen molar-refractivity contribution < 1.29 is 13.2 Å². The van der Waals surface area contributed by atoms with Gasteiger partial charge in [-0.15, -0.1) is 0 Å². The summed E-state index contributed by atoms with van der Waals surface area (Å²) in [6.07, 6.45) is 0. The van der Waals surface area contributed by atoms with Gasteiger partial charge in [-0.25, -0.2) is 8.42 Å². The van der Waals surface area contributed by atoms with E-state index in [1.54, 1.807) is 18.0 Å². The molecule has 0 atom stereocenters. The predicted molar refractivity (Wildman–Crippen MR) is 115 cm³/mol. The van der Waals surface area contributed by atoms with Gasteiger partial charge in [0.05, 0.1) is 5.02 Å². The largest absolute Gasteiger partial charge is 0.337 e. The first-order chi connectivity index (χ1) is 13.7. The van der Waals surface area contributed by atoms with Crippen LogP contribution in [0.25, 0.3) is 0 Å². The van der Waals surface area contributed by atoms with E-state index in [0.717, 1.165) is 11.1 Å². The zero-order valence-corrected chi connectivity index (χ0v) is 18.5. The first kappa shape index (κ1) is 21.8. The fourth-order valence-electron chi connectivity index (χ4n) is 3.26. The minimum absolute atomic E-state index is 0.0155. The van der Waals surface area contributed by atoms with Crippen LogP contribution in [0.1, 0.15) is 21.5 Å².